The van der Waals surface area contributed by atoms with E-state index in [0.29, 0.717) is 16.5 Å². The van der Waals surface area contributed by atoms with E-state index in [1.165, 1.54) is 12.7 Å². The quantitative estimate of drug-likeness (QED) is 0.432. The summed E-state index contributed by atoms with van der Waals surface area (Å²) in [5, 5.41) is 0. The van der Waals surface area contributed by atoms with Crippen LogP contribution in [0.5, 0.6) is 0 Å². The van der Waals surface area contributed by atoms with Crippen LogP contribution < -0.4 is 4.99 Å². The highest BCUT2D eigenvalue weighted by Crippen LogP contribution is 1.97. The molecular weight excluding hydrogens is 148 g/mol. The summed E-state index contributed by atoms with van der Waals surface area (Å²) in [5.41, 5.74) is 0.609. The van der Waals surface area contributed by atoms with Crippen LogP contribution in [0.1, 0.15) is 0 Å². The van der Waals surface area contributed by atoms with Crippen molar-refractivity contribution in [2.24, 2.45) is 15.0 Å². The summed E-state index contributed by atoms with van der Waals surface area (Å²) in [6.07, 6.45) is 2.81. The van der Waals surface area contributed by atoms with Crippen LogP contribution in [0, 0.1) is 0 Å². The number of thiocarbonyl (C=S) groups is 1. The van der Waals surface area contributed by atoms with E-state index in [0.717, 1.165) is 0 Å². The van der Waals surface area contributed by atoms with Gasteiger partial charge in [0.05, 0.1) is 0 Å². The van der Waals surface area contributed by atoms with Gasteiger partial charge in [-0.1, -0.05) is 27.2 Å². The number of amidine groups is 1. The Bertz CT molecular complexity index is 304. The number of hydrogen-bond donors (Lipinski definition) is 0. The van der Waals surface area contributed by atoms with Crippen LogP contribution in [0.4, 0.5) is 0 Å². The van der Waals surface area contributed by atoms with Crippen LogP contribution in [-0.2, 0) is 0 Å². The highest BCUT2D eigenvalue weighted by Gasteiger charge is 2.28. The maximum Gasteiger partial charge on any atom is 0.344 e. The lowest BCUT2D eigenvalue weighted by Crippen LogP contribution is -2.24. The zero-order valence-corrected chi connectivity index (χ0v) is 5.67. The van der Waals surface area contributed by atoms with Gasteiger partial charge in [0.2, 0.25) is 0 Å². The molecule has 0 atom stereocenters. The number of aliphatic imine (C=N–C) groups is 4. The van der Waals surface area contributed by atoms with E-state index in [-0.39, 0.29) is 0 Å². The fourth-order valence-electron chi connectivity index (χ4n) is 0.703. The van der Waals surface area contributed by atoms with Gasteiger partial charge >= 0.3 is 5.84 Å². The lowest BCUT2D eigenvalue weighted by atomic mass is 10.3. The molecule has 0 aromatic rings. The van der Waals surface area contributed by atoms with Crippen LogP contribution in [0.25, 0.3) is 0 Å². The first-order valence-corrected chi connectivity index (χ1v) is 3.04. The van der Waals surface area contributed by atoms with Crippen LogP contribution in [0.15, 0.2) is 15.0 Å². The van der Waals surface area contributed by atoms with Gasteiger partial charge < -0.3 is 0 Å². The summed E-state index contributed by atoms with van der Waals surface area (Å²) in [6.45, 7) is 0. The average Bonchev–Trinajstić information content (AvgIpc) is 2.36. The minimum Gasteiger partial charge on any atom is -0.205 e. The Balaban J connectivity index is 2.54. The second kappa shape index (κ2) is 1.88. The predicted molar refractivity (Wildman–Crippen MR) is 44.2 cm³/mol. The molecule has 2 aliphatic heterocycles. The molecule has 0 N–H and O–H groups in total. The first-order chi connectivity index (χ1) is 4.88. The molecule has 0 saturated carbocycles. The molecule has 2 rings (SSSR count). The standard InChI is InChI=1S/C5H2N4S/c10-5-3-4(7-1-6-3)8-2-9-5/h1-2H/q+1. The van der Waals surface area contributed by atoms with Gasteiger partial charge in [-0.2, -0.15) is 0 Å². The first-order valence-electron chi connectivity index (χ1n) is 2.63. The van der Waals surface area contributed by atoms with Crippen molar-refractivity contribution in [1.29, 1.82) is 0 Å². The molecule has 47 valence electrons. The van der Waals surface area contributed by atoms with E-state index < -0.39 is 0 Å². The molecule has 0 saturated heterocycles. The molecule has 2 aliphatic rings. The van der Waals surface area contributed by atoms with Crippen molar-refractivity contribution < 1.29 is 0 Å². The van der Waals surface area contributed by atoms with Gasteiger partial charge in [0.15, 0.2) is 11.3 Å². The van der Waals surface area contributed by atoms with Crippen molar-refractivity contribution >= 4 is 41.4 Å². The second-order valence-corrected chi connectivity index (χ2v) is 2.11. The first kappa shape index (κ1) is 5.55. The summed E-state index contributed by atoms with van der Waals surface area (Å²) in [6, 6.07) is 0. The molecule has 0 aliphatic carbocycles. The highest BCUT2D eigenvalue weighted by atomic mass is 32.1. The third kappa shape index (κ3) is 0.640. The molecule has 0 unspecified atom stereocenters. The molecule has 0 spiro atoms. The van der Waals surface area contributed by atoms with Crippen molar-refractivity contribution in [3.8, 4) is 0 Å². The molecule has 1 radical (unpaired) electrons. The molecule has 4 nitrogen and oxygen atoms in total. The molecule has 0 bridgehead atoms. The summed E-state index contributed by atoms with van der Waals surface area (Å²) < 4.78 is 0. The molecule has 0 fully saturated rings. The number of rotatable bonds is 0. The fourth-order valence-corrected chi connectivity index (χ4v) is 0.894. The Labute approximate surface area is 62.1 Å². The van der Waals surface area contributed by atoms with E-state index in [9.17, 15) is 0 Å². The number of nitrogens with zero attached hydrogens (tertiary/aromatic N) is 4. The van der Waals surface area contributed by atoms with Gasteiger partial charge in [-0.25, -0.2) is 4.99 Å². The minimum atomic E-state index is 0.461. The van der Waals surface area contributed by atoms with E-state index >= 15 is 0 Å². The van der Waals surface area contributed by atoms with E-state index in [4.69, 9.17) is 12.2 Å². The van der Waals surface area contributed by atoms with Crippen LogP contribution in [-0.4, -0.2) is 29.2 Å². The highest BCUT2D eigenvalue weighted by molar-refractivity contribution is 7.82. The topological polar surface area (TPSA) is 51.2 Å². The van der Waals surface area contributed by atoms with Gasteiger partial charge in [-0.05, 0) is 0 Å². The summed E-state index contributed by atoms with van der Waals surface area (Å²) in [7, 11) is 0. The second-order valence-electron chi connectivity index (χ2n) is 1.72. The lowest BCUT2D eigenvalue weighted by molar-refractivity contribution is 1.51. The summed E-state index contributed by atoms with van der Waals surface area (Å²) in [4.78, 5) is 15.8. The lowest BCUT2D eigenvalue weighted by Gasteiger charge is -1.90. The van der Waals surface area contributed by atoms with Crippen LogP contribution in [0.2, 0.25) is 0 Å². The Morgan fingerprint density at radius 2 is 2.30 bits per heavy atom. The Morgan fingerprint density at radius 1 is 1.40 bits per heavy atom. The van der Waals surface area contributed by atoms with Gasteiger partial charge in [0, 0.05) is 0 Å². The van der Waals surface area contributed by atoms with Gasteiger partial charge in [0.1, 0.15) is 0 Å². The van der Waals surface area contributed by atoms with Crippen molar-refractivity contribution in [1.82, 2.24) is 4.99 Å². The maximum atomic E-state index is 4.85. The van der Waals surface area contributed by atoms with E-state index in [1.54, 1.807) is 0 Å². The zero-order chi connectivity index (χ0) is 6.97. The van der Waals surface area contributed by atoms with E-state index in [1.807, 2.05) is 0 Å². The summed E-state index contributed by atoms with van der Waals surface area (Å²) >= 11 is 4.85. The normalized spacial score (nSPS) is 20.6. The molecule has 0 aromatic carbocycles. The van der Waals surface area contributed by atoms with Gasteiger partial charge in [-0.15, -0.1) is 0 Å². The SMILES string of the molecule is S=C1N=CN=C2[N+]=CN=C12. The molecule has 0 aromatic heterocycles. The fraction of sp³-hybridized carbons (Fsp3) is 0. The molecule has 10 heavy (non-hydrogen) atoms. The largest absolute Gasteiger partial charge is 0.344 e. The summed E-state index contributed by atoms with van der Waals surface area (Å²) in [5.74, 6) is 0.569. The Kier molecular flexibility index (Phi) is 1.04. The molecule has 5 heteroatoms. The smallest absolute Gasteiger partial charge is 0.205 e. The minimum absolute atomic E-state index is 0.461. The van der Waals surface area contributed by atoms with Crippen LogP contribution in [0.3, 0.4) is 0 Å². The van der Waals surface area contributed by atoms with Gasteiger partial charge in [-0.3, -0.25) is 0 Å². The van der Waals surface area contributed by atoms with E-state index in [2.05, 4.69) is 20.0 Å². The monoisotopic (exact) mass is 150 g/mol. The third-order valence-corrected chi connectivity index (χ3v) is 1.44. The van der Waals surface area contributed by atoms with Gasteiger partial charge in [0.25, 0.3) is 12.1 Å². The number of fused-ring (bicyclic) bond motifs is 1. The molecule has 2 heterocycles. The predicted octanol–water partition coefficient (Wildman–Crippen LogP) is -0.427. The Hall–Kier alpha value is -1.23. The third-order valence-electron chi connectivity index (χ3n) is 1.14. The van der Waals surface area contributed by atoms with Crippen molar-refractivity contribution in [2.75, 3.05) is 0 Å². The zero-order valence-electron chi connectivity index (χ0n) is 4.85. The maximum absolute atomic E-state index is 4.85. The Morgan fingerprint density at radius 3 is 3.10 bits per heavy atom. The van der Waals surface area contributed by atoms with Crippen LogP contribution >= 0.6 is 12.2 Å². The molecule has 0 amide bonds. The average molecular weight is 150 g/mol. The van der Waals surface area contributed by atoms with Crippen molar-refractivity contribution in [3.05, 3.63) is 0 Å². The van der Waals surface area contributed by atoms with Crippen molar-refractivity contribution in [3.63, 3.8) is 0 Å². The van der Waals surface area contributed by atoms with Crippen molar-refractivity contribution in [2.45, 2.75) is 0 Å². The molecular formula is C5H2N4S+. The number of hydrogen-bond acceptors (Lipinski definition) is 4.